The molecule has 0 spiro atoms. The fourth-order valence-electron chi connectivity index (χ4n) is 2.26. The molecule has 2 unspecified atom stereocenters. The van der Waals surface area contributed by atoms with E-state index in [-0.39, 0.29) is 0 Å². The predicted molar refractivity (Wildman–Crippen MR) is 70.9 cm³/mol. The first-order chi connectivity index (χ1) is 8.20. The van der Waals surface area contributed by atoms with Gasteiger partial charge in [0.2, 0.25) is 0 Å². The molecule has 2 atom stereocenters. The molecule has 1 aliphatic carbocycles. The number of hydrogen-bond acceptors (Lipinski definition) is 4. The molecule has 1 aromatic heterocycles. The first kappa shape index (κ1) is 13.3. The van der Waals surface area contributed by atoms with Crippen molar-refractivity contribution in [1.29, 1.82) is 0 Å². The molecule has 1 aromatic rings. The fraction of sp³-hybridized carbons (Fsp3) is 0.667. The normalized spacial score (nSPS) is 21.2. The Hall–Kier alpha value is -0.130. The molecule has 0 saturated heterocycles. The zero-order valence-corrected chi connectivity index (χ0v) is 11.5. The molecule has 96 valence electrons. The molecule has 2 rings (SSSR count). The number of nitrogens with one attached hydrogen (secondary N) is 1. The third-order valence-corrected chi connectivity index (χ3v) is 4.38. The minimum Gasteiger partial charge on any atom is -0.389 e. The molecule has 17 heavy (non-hydrogen) atoms. The highest BCUT2D eigenvalue weighted by molar-refractivity contribution is 7.16. The van der Waals surface area contributed by atoms with Crippen molar-refractivity contribution < 1.29 is 9.84 Å². The van der Waals surface area contributed by atoms with Crippen LogP contribution in [0.4, 0.5) is 0 Å². The van der Waals surface area contributed by atoms with Crippen LogP contribution in [0.25, 0.3) is 0 Å². The first-order valence-corrected chi connectivity index (χ1v) is 7.08. The van der Waals surface area contributed by atoms with Crippen LogP contribution in [-0.4, -0.2) is 31.5 Å². The fourth-order valence-corrected chi connectivity index (χ4v) is 3.65. The topological polar surface area (TPSA) is 41.5 Å². The maximum Gasteiger partial charge on any atom is 0.0934 e. The molecule has 0 aromatic carbocycles. The molecule has 0 fully saturated rings. The van der Waals surface area contributed by atoms with Crippen molar-refractivity contribution in [2.24, 2.45) is 0 Å². The molecule has 0 saturated carbocycles. The summed E-state index contributed by atoms with van der Waals surface area (Å²) < 4.78 is 5.77. The maximum absolute atomic E-state index is 9.62. The van der Waals surface area contributed by atoms with Crippen molar-refractivity contribution in [3.05, 3.63) is 20.8 Å². The van der Waals surface area contributed by atoms with E-state index >= 15 is 0 Å². The predicted octanol–water partition coefficient (Wildman–Crippen LogP) is 2.38. The molecular weight excluding hydrogens is 258 g/mol. The number of aryl methyl sites for hydroxylation is 1. The van der Waals surface area contributed by atoms with Crippen LogP contribution in [-0.2, 0) is 11.2 Å². The van der Waals surface area contributed by atoms with E-state index in [1.807, 2.05) is 0 Å². The summed E-state index contributed by atoms with van der Waals surface area (Å²) in [7, 11) is 1.60. The van der Waals surface area contributed by atoms with Crippen LogP contribution in [0.3, 0.4) is 0 Å². The number of methoxy groups -OCH3 is 1. The third kappa shape index (κ3) is 3.42. The van der Waals surface area contributed by atoms with Crippen LogP contribution >= 0.6 is 22.9 Å². The minimum absolute atomic E-state index is 0.328. The van der Waals surface area contributed by atoms with Gasteiger partial charge in [-0.2, -0.15) is 0 Å². The Kier molecular flexibility index (Phi) is 4.82. The molecule has 1 heterocycles. The molecule has 3 nitrogen and oxygen atoms in total. The van der Waals surface area contributed by atoms with Gasteiger partial charge in [0.15, 0.2) is 0 Å². The molecule has 0 amide bonds. The molecule has 0 bridgehead atoms. The van der Waals surface area contributed by atoms with E-state index in [1.54, 1.807) is 18.4 Å². The molecule has 5 heteroatoms. The second kappa shape index (κ2) is 6.16. The summed E-state index contributed by atoms with van der Waals surface area (Å²) in [6, 6.07) is 2.38. The summed E-state index contributed by atoms with van der Waals surface area (Å²) in [6.07, 6.45) is 2.98. The Balaban J connectivity index is 1.94. The summed E-state index contributed by atoms with van der Waals surface area (Å²) in [5, 5.41) is 13.0. The van der Waals surface area contributed by atoms with Crippen molar-refractivity contribution >= 4 is 22.9 Å². The Morgan fingerprint density at radius 2 is 2.53 bits per heavy atom. The molecule has 1 aliphatic rings. The Morgan fingerprint density at radius 3 is 3.29 bits per heavy atom. The molecule has 2 N–H and O–H groups in total. The van der Waals surface area contributed by atoms with Crippen LogP contribution in [0.2, 0.25) is 4.34 Å². The first-order valence-electron chi connectivity index (χ1n) is 5.89. The van der Waals surface area contributed by atoms with Gasteiger partial charge in [0.25, 0.3) is 0 Å². The quantitative estimate of drug-likeness (QED) is 0.867. The number of hydrogen-bond donors (Lipinski definition) is 2. The monoisotopic (exact) mass is 275 g/mol. The van der Waals surface area contributed by atoms with Gasteiger partial charge in [-0.1, -0.05) is 11.6 Å². The summed E-state index contributed by atoms with van der Waals surface area (Å²) in [6.45, 7) is 0.933. The number of fused-ring (bicyclic) bond motifs is 1. The van der Waals surface area contributed by atoms with E-state index in [0.29, 0.717) is 19.2 Å². The lowest BCUT2D eigenvalue weighted by Crippen LogP contribution is -2.34. The van der Waals surface area contributed by atoms with Gasteiger partial charge in [-0.3, -0.25) is 0 Å². The van der Waals surface area contributed by atoms with Crippen molar-refractivity contribution in [2.75, 3.05) is 20.3 Å². The maximum atomic E-state index is 9.62. The van der Waals surface area contributed by atoms with Gasteiger partial charge in [0.05, 0.1) is 17.0 Å². The van der Waals surface area contributed by atoms with E-state index in [2.05, 4.69) is 11.4 Å². The average Bonchev–Trinajstić information content (AvgIpc) is 2.67. The van der Waals surface area contributed by atoms with Crippen molar-refractivity contribution in [2.45, 2.75) is 31.4 Å². The highest BCUT2D eigenvalue weighted by atomic mass is 35.5. The summed E-state index contributed by atoms with van der Waals surface area (Å²) in [5.41, 5.74) is 1.32. The van der Waals surface area contributed by atoms with Crippen LogP contribution in [0, 0.1) is 0 Å². The number of aliphatic hydroxyl groups is 1. The Labute approximate surface area is 111 Å². The number of halogens is 1. The molecule has 0 radical (unpaired) electrons. The number of rotatable bonds is 5. The van der Waals surface area contributed by atoms with E-state index in [9.17, 15) is 5.11 Å². The lowest BCUT2D eigenvalue weighted by molar-refractivity contribution is 0.0623. The van der Waals surface area contributed by atoms with Crippen LogP contribution in [0.5, 0.6) is 0 Å². The summed E-state index contributed by atoms with van der Waals surface area (Å²) >= 11 is 7.73. The van der Waals surface area contributed by atoms with Gasteiger partial charge in [-0.15, -0.1) is 11.3 Å². The third-order valence-electron chi connectivity index (χ3n) is 3.04. The van der Waals surface area contributed by atoms with E-state index in [0.717, 1.165) is 17.2 Å². The molecule has 0 aliphatic heterocycles. The number of thiophene rings is 1. The van der Waals surface area contributed by atoms with Crippen LogP contribution in [0.1, 0.15) is 29.3 Å². The van der Waals surface area contributed by atoms with Crippen molar-refractivity contribution in [3.8, 4) is 0 Å². The van der Waals surface area contributed by atoms with Gasteiger partial charge in [0.1, 0.15) is 0 Å². The van der Waals surface area contributed by atoms with Gasteiger partial charge < -0.3 is 15.2 Å². The second-order valence-corrected chi connectivity index (χ2v) is 6.16. The standard InChI is InChI=1S/C12H18ClNO2S/c1-16-7-8(15)6-14-10-3-2-4-11-9(10)5-12(13)17-11/h5,8,10,14-15H,2-4,6-7H2,1H3. The zero-order chi connectivity index (χ0) is 12.3. The van der Waals surface area contributed by atoms with Gasteiger partial charge >= 0.3 is 0 Å². The second-order valence-electron chi connectivity index (χ2n) is 4.39. The summed E-state index contributed by atoms with van der Waals surface area (Å²) in [5.74, 6) is 0. The van der Waals surface area contributed by atoms with Gasteiger partial charge in [-0.05, 0) is 30.9 Å². The number of aliphatic hydroxyl groups excluding tert-OH is 1. The van der Waals surface area contributed by atoms with E-state index in [1.165, 1.54) is 16.9 Å². The number of ether oxygens (including phenoxy) is 1. The Bertz CT molecular complexity index is 369. The summed E-state index contributed by atoms with van der Waals surface area (Å²) in [4.78, 5) is 1.39. The van der Waals surface area contributed by atoms with E-state index in [4.69, 9.17) is 16.3 Å². The lowest BCUT2D eigenvalue weighted by atomic mass is 9.94. The van der Waals surface area contributed by atoms with Crippen molar-refractivity contribution in [1.82, 2.24) is 5.32 Å². The largest absolute Gasteiger partial charge is 0.389 e. The van der Waals surface area contributed by atoms with Crippen LogP contribution in [0.15, 0.2) is 6.07 Å². The van der Waals surface area contributed by atoms with Gasteiger partial charge in [-0.25, -0.2) is 0 Å². The van der Waals surface area contributed by atoms with Crippen LogP contribution < -0.4 is 5.32 Å². The van der Waals surface area contributed by atoms with E-state index < -0.39 is 6.10 Å². The minimum atomic E-state index is -0.445. The van der Waals surface area contributed by atoms with Crippen molar-refractivity contribution in [3.63, 3.8) is 0 Å². The highest BCUT2D eigenvalue weighted by Crippen LogP contribution is 2.37. The lowest BCUT2D eigenvalue weighted by Gasteiger charge is -2.24. The zero-order valence-electron chi connectivity index (χ0n) is 9.91. The highest BCUT2D eigenvalue weighted by Gasteiger charge is 2.22. The molecular formula is C12H18ClNO2S. The smallest absolute Gasteiger partial charge is 0.0934 e. The van der Waals surface area contributed by atoms with Gasteiger partial charge in [0, 0.05) is 24.6 Å². The SMILES string of the molecule is COCC(O)CNC1CCCc2sc(Cl)cc21. The average molecular weight is 276 g/mol. The Morgan fingerprint density at radius 1 is 1.71 bits per heavy atom.